The van der Waals surface area contributed by atoms with Crippen molar-refractivity contribution in [2.75, 3.05) is 6.61 Å². The van der Waals surface area contributed by atoms with Crippen LogP contribution < -0.4 is 45.1 Å². The zero-order valence-corrected chi connectivity index (χ0v) is 19.3. The molecular formula is C22H23N2NaO5. The Kier molecular flexibility index (Phi) is 6.60. The van der Waals surface area contributed by atoms with Gasteiger partial charge in [-0.05, 0) is 29.5 Å². The molecular weight excluding hydrogens is 395 g/mol. The van der Waals surface area contributed by atoms with Gasteiger partial charge in [0.1, 0.15) is 12.4 Å². The van der Waals surface area contributed by atoms with Crippen LogP contribution in [0.3, 0.4) is 0 Å². The summed E-state index contributed by atoms with van der Waals surface area (Å²) < 4.78 is 6.02. The molecule has 0 spiro atoms. The average Bonchev–Trinajstić information content (AvgIpc) is 2.94. The number of fused-ring (bicyclic) bond motifs is 2. The number of carboxylic acids is 1. The summed E-state index contributed by atoms with van der Waals surface area (Å²) in [5.41, 5.74) is 7.18. The van der Waals surface area contributed by atoms with Crippen molar-refractivity contribution in [1.29, 1.82) is 0 Å². The van der Waals surface area contributed by atoms with Gasteiger partial charge < -0.3 is 30.4 Å². The van der Waals surface area contributed by atoms with Gasteiger partial charge in [-0.1, -0.05) is 37.3 Å². The van der Waals surface area contributed by atoms with Gasteiger partial charge in [0.2, 0.25) is 5.91 Å². The van der Waals surface area contributed by atoms with Crippen molar-refractivity contribution in [1.82, 2.24) is 4.90 Å². The summed E-state index contributed by atoms with van der Waals surface area (Å²) in [4.78, 5) is 25.4. The summed E-state index contributed by atoms with van der Waals surface area (Å²) in [6.45, 7) is 3.81. The first-order valence-corrected chi connectivity index (χ1v) is 9.65. The van der Waals surface area contributed by atoms with Gasteiger partial charge >= 0.3 is 29.6 Å². The van der Waals surface area contributed by atoms with E-state index < -0.39 is 18.0 Å². The molecule has 2 aromatic carbocycles. The molecule has 0 aliphatic carbocycles. The number of hydrogen-bond donors (Lipinski definition) is 2. The van der Waals surface area contributed by atoms with Crippen LogP contribution >= 0.6 is 0 Å². The minimum Gasteiger partial charge on any atom is -0.543 e. The van der Waals surface area contributed by atoms with Crippen molar-refractivity contribution >= 4 is 22.6 Å². The minimum atomic E-state index is -1.40. The van der Waals surface area contributed by atoms with E-state index in [2.05, 4.69) is 0 Å². The summed E-state index contributed by atoms with van der Waals surface area (Å²) in [5, 5.41) is 23.6. The molecule has 152 valence electrons. The third kappa shape index (κ3) is 3.44. The number of aliphatic hydroxyl groups excluding tert-OH is 1. The van der Waals surface area contributed by atoms with Gasteiger partial charge in [0.05, 0.1) is 29.7 Å². The predicted molar refractivity (Wildman–Crippen MR) is 104 cm³/mol. The van der Waals surface area contributed by atoms with Gasteiger partial charge in [0.15, 0.2) is 0 Å². The number of β-lactam (4-membered cyclic amide) rings is 1. The Labute approximate surface area is 196 Å². The Morgan fingerprint density at radius 3 is 2.57 bits per heavy atom. The topological polar surface area (TPSA) is 116 Å². The van der Waals surface area contributed by atoms with Crippen molar-refractivity contribution in [3.05, 3.63) is 53.2 Å². The van der Waals surface area contributed by atoms with Crippen LogP contribution in [-0.4, -0.2) is 40.6 Å². The number of nitrogens with two attached hydrogens (primary N) is 1. The molecule has 30 heavy (non-hydrogen) atoms. The van der Waals surface area contributed by atoms with E-state index in [-0.39, 0.29) is 59.7 Å². The molecule has 2 heterocycles. The van der Waals surface area contributed by atoms with Crippen LogP contribution in [0.2, 0.25) is 0 Å². The van der Waals surface area contributed by atoms with Crippen LogP contribution in [0, 0.1) is 11.8 Å². The molecule has 3 N–H and O–H groups in total. The van der Waals surface area contributed by atoms with Gasteiger partial charge in [-0.25, -0.2) is 0 Å². The Balaban J connectivity index is 0.00000256. The molecule has 0 saturated carbocycles. The summed E-state index contributed by atoms with van der Waals surface area (Å²) in [5.74, 6) is -2.04. The fraction of sp³-hybridized carbons (Fsp3) is 0.364. The summed E-state index contributed by atoms with van der Waals surface area (Å²) in [6.07, 6.45) is -0.845. The van der Waals surface area contributed by atoms with Crippen LogP contribution in [0.5, 0.6) is 5.75 Å². The van der Waals surface area contributed by atoms with E-state index >= 15 is 0 Å². The zero-order valence-electron chi connectivity index (χ0n) is 17.3. The van der Waals surface area contributed by atoms with E-state index in [1.165, 1.54) is 4.90 Å². The van der Waals surface area contributed by atoms with E-state index in [9.17, 15) is 19.8 Å². The predicted octanol–water partition coefficient (Wildman–Crippen LogP) is -2.46. The van der Waals surface area contributed by atoms with E-state index in [0.29, 0.717) is 17.9 Å². The summed E-state index contributed by atoms with van der Waals surface area (Å²) >= 11 is 0. The summed E-state index contributed by atoms with van der Waals surface area (Å²) in [6, 6.07) is 11.0. The van der Waals surface area contributed by atoms with Gasteiger partial charge in [0.25, 0.3) is 0 Å². The molecule has 2 aliphatic heterocycles. The van der Waals surface area contributed by atoms with E-state index in [1.807, 2.05) is 43.3 Å². The standard InChI is InChI=1S/C22H24N2O5.Na/c1-11-16(20(22(27)28)24-19(11)18(12(2)25)21(24)26)10-29-17-8-4-6-14-13(9-23)5-3-7-15(14)17;/h3-8,11-12,18-19,25H,9-10,23H2,1-2H3,(H,27,28);/q;+1/p-1/t11-,12+,18+,19+;/m0./s1. The number of aliphatic carboxylic acids is 1. The minimum absolute atomic E-state index is 0. The van der Waals surface area contributed by atoms with Gasteiger partial charge in [-0.3, -0.25) is 4.79 Å². The van der Waals surface area contributed by atoms with Crippen LogP contribution in [0.25, 0.3) is 10.8 Å². The van der Waals surface area contributed by atoms with Crippen LogP contribution in [-0.2, 0) is 16.1 Å². The number of carboxylic acid groups (broad SMARTS) is 1. The first kappa shape index (κ1) is 22.8. The van der Waals surface area contributed by atoms with E-state index in [1.54, 1.807) is 6.92 Å². The largest absolute Gasteiger partial charge is 1.00 e. The Hall–Kier alpha value is -1.90. The van der Waals surface area contributed by atoms with Crippen molar-refractivity contribution in [2.24, 2.45) is 17.6 Å². The Morgan fingerprint density at radius 2 is 1.93 bits per heavy atom. The molecule has 1 amide bonds. The maximum absolute atomic E-state index is 12.4. The fourth-order valence-electron chi connectivity index (χ4n) is 4.63. The number of hydrogen-bond acceptors (Lipinski definition) is 6. The molecule has 0 bridgehead atoms. The van der Waals surface area contributed by atoms with Gasteiger partial charge in [-0.15, -0.1) is 0 Å². The molecule has 4 atom stereocenters. The molecule has 2 aliphatic rings. The number of carbonyl (C=O) groups is 2. The molecule has 7 nitrogen and oxygen atoms in total. The van der Waals surface area contributed by atoms with Crippen molar-refractivity contribution in [3.63, 3.8) is 0 Å². The first-order chi connectivity index (χ1) is 13.9. The molecule has 4 rings (SSSR count). The molecule has 8 heteroatoms. The van der Waals surface area contributed by atoms with Gasteiger partial charge in [-0.2, -0.15) is 0 Å². The van der Waals surface area contributed by atoms with Crippen LogP contribution in [0.4, 0.5) is 0 Å². The Bertz CT molecular complexity index is 1040. The average molecular weight is 418 g/mol. The summed E-state index contributed by atoms with van der Waals surface area (Å²) in [7, 11) is 0. The zero-order chi connectivity index (χ0) is 20.9. The molecule has 0 aromatic heterocycles. The Morgan fingerprint density at radius 1 is 1.27 bits per heavy atom. The molecule has 1 saturated heterocycles. The molecule has 1 fully saturated rings. The number of benzene rings is 2. The third-order valence-electron chi connectivity index (χ3n) is 6.08. The molecule has 0 unspecified atom stereocenters. The second-order valence-electron chi connectivity index (χ2n) is 7.68. The fourth-order valence-corrected chi connectivity index (χ4v) is 4.63. The number of ether oxygens (including phenoxy) is 1. The van der Waals surface area contributed by atoms with Crippen molar-refractivity contribution < 1.29 is 54.1 Å². The quantitative estimate of drug-likeness (QED) is 0.397. The first-order valence-electron chi connectivity index (χ1n) is 9.65. The smallest absolute Gasteiger partial charge is 0.543 e. The second kappa shape index (κ2) is 8.69. The van der Waals surface area contributed by atoms with Crippen molar-refractivity contribution in [3.8, 4) is 5.75 Å². The number of carbonyl (C=O) groups excluding carboxylic acids is 2. The number of amides is 1. The number of aliphatic hydroxyl groups is 1. The molecule has 0 radical (unpaired) electrons. The van der Waals surface area contributed by atoms with Crippen LogP contribution in [0.15, 0.2) is 47.7 Å². The number of nitrogens with zero attached hydrogens (tertiary/aromatic N) is 1. The number of rotatable bonds is 6. The third-order valence-corrected chi connectivity index (χ3v) is 6.08. The second-order valence-corrected chi connectivity index (χ2v) is 7.68. The SMILES string of the molecule is C[C@@H](O)[C@H]1C(=O)N2C(C(=O)[O-])=C(COc3cccc4c(CN)cccc34)[C@H](C)[C@H]12.[Na+]. The molecule has 2 aromatic rings. The maximum Gasteiger partial charge on any atom is 1.00 e. The monoisotopic (exact) mass is 418 g/mol. The normalized spacial score (nSPS) is 23.7. The van der Waals surface area contributed by atoms with Crippen molar-refractivity contribution in [2.45, 2.75) is 32.5 Å². The van der Waals surface area contributed by atoms with E-state index in [0.717, 1.165) is 16.3 Å². The van der Waals surface area contributed by atoms with Gasteiger partial charge in [0, 0.05) is 17.8 Å². The maximum atomic E-state index is 12.4. The van der Waals surface area contributed by atoms with Crippen LogP contribution in [0.1, 0.15) is 19.4 Å². The van der Waals surface area contributed by atoms with E-state index in [4.69, 9.17) is 10.5 Å².